The van der Waals surface area contributed by atoms with E-state index in [0.717, 1.165) is 11.4 Å². The number of carbonyl (C=O) groups excluding carboxylic acids is 2. The number of fused-ring (bicyclic) bond motifs is 1. The fourth-order valence-electron chi connectivity index (χ4n) is 2.59. The third-order valence-electron chi connectivity index (χ3n) is 3.48. The van der Waals surface area contributed by atoms with E-state index in [1.54, 1.807) is 4.90 Å². The highest BCUT2D eigenvalue weighted by atomic mass is 16.5. The maximum atomic E-state index is 12.5. The van der Waals surface area contributed by atoms with Crippen molar-refractivity contribution in [3.8, 4) is 5.75 Å². The highest BCUT2D eigenvalue weighted by Crippen LogP contribution is 2.33. The number of hydrogen-bond donors (Lipinski definition) is 1. The van der Waals surface area contributed by atoms with Gasteiger partial charge in [0, 0.05) is 6.42 Å². The monoisotopic (exact) mass is 260 g/mol. The van der Waals surface area contributed by atoms with E-state index in [-0.39, 0.29) is 17.9 Å². The molecule has 2 amide bonds. The second kappa shape index (κ2) is 4.57. The van der Waals surface area contributed by atoms with Crippen LogP contribution in [0.3, 0.4) is 0 Å². The Kier molecular flexibility index (Phi) is 2.89. The minimum Gasteiger partial charge on any atom is -0.487 e. The molecule has 0 aromatic heterocycles. The summed E-state index contributed by atoms with van der Waals surface area (Å²) in [6.45, 7) is 2.45. The lowest BCUT2D eigenvalue weighted by Crippen LogP contribution is -2.49. The highest BCUT2D eigenvalue weighted by Gasteiger charge is 2.35. The van der Waals surface area contributed by atoms with E-state index in [1.165, 1.54) is 0 Å². The molecule has 1 aromatic carbocycles. The Morgan fingerprint density at radius 1 is 1.42 bits per heavy atom. The normalized spacial score (nSPS) is 25.5. The standard InChI is InChI=1S/C14H16N2O3/c1-9-8-16(11-4-2-3-5-12(11)19-9)14(18)10-6-7-13(17)15-10/h2-5,9-10H,6-8H2,1H3,(H,15,17). The molecule has 1 fully saturated rings. The molecule has 2 unspecified atom stereocenters. The van der Waals surface area contributed by atoms with Crippen LogP contribution in [0.25, 0.3) is 0 Å². The van der Waals surface area contributed by atoms with Gasteiger partial charge < -0.3 is 15.0 Å². The lowest BCUT2D eigenvalue weighted by molar-refractivity contribution is -0.124. The summed E-state index contributed by atoms with van der Waals surface area (Å²) in [6, 6.07) is 7.10. The lowest BCUT2D eigenvalue weighted by atomic mass is 10.1. The molecule has 0 radical (unpaired) electrons. The summed E-state index contributed by atoms with van der Waals surface area (Å²) in [5.74, 6) is 0.625. The molecule has 5 heteroatoms. The van der Waals surface area contributed by atoms with Crippen LogP contribution in [0.15, 0.2) is 24.3 Å². The molecule has 2 aliphatic rings. The largest absolute Gasteiger partial charge is 0.487 e. The minimum atomic E-state index is -0.397. The van der Waals surface area contributed by atoms with E-state index in [2.05, 4.69) is 5.32 Å². The second-order valence-corrected chi connectivity index (χ2v) is 5.00. The molecule has 3 rings (SSSR count). The molecule has 0 spiro atoms. The molecule has 0 aliphatic carbocycles. The number of amides is 2. The van der Waals surface area contributed by atoms with Crippen molar-refractivity contribution in [1.29, 1.82) is 0 Å². The van der Waals surface area contributed by atoms with Gasteiger partial charge in [-0.1, -0.05) is 12.1 Å². The number of anilines is 1. The number of nitrogens with zero attached hydrogens (tertiary/aromatic N) is 1. The SMILES string of the molecule is CC1CN(C(=O)C2CCC(=O)N2)c2ccccc2O1. The summed E-state index contributed by atoms with van der Waals surface area (Å²) in [5, 5.41) is 2.73. The van der Waals surface area contributed by atoms with E-state index in [4.69, 9.17) is 4.74 Å². The van der Waals surface area contributed by atoms with Crippen LogP contribution < -0.4 is 15.0 Å². The zero-order valence-electron chi connectivity index (χ0n) is 10.8. The maximum absolute atomic E-state index is 12.5. The molecule has 0 bridgehead atoms. The van der Waals surface area contributed by atoms with Crippen LogP contribution >= 0.6 is 0 Å². The van der Waals surface area contributed by atoms with Gasteiger partial charge in [-0.15, -0.1) is 0 Å². The Bertz CT molecular complexity index is 529. The summed E-state index contributed by atoms with van der Waals surface area (Å²) in [5.41, 5.74) is 0.784. The minimum absolute atomic E-state index is 0.0454. The summed E-state index contributed by atoms with van der Waals surface area (Å²) in [7, 11) is 0. The first-order chi connectivity index (χ1) is 9.15. The van der Waals surface area contributed by atoms with Crippen molar-refractivity contribution in [2.24, 2.45) is 0 Å². The number of ether oxygens (including phenoxy) is 1. The van der Waals surface area contributed by atoms with Crippen molar-refractivity contribution in [2.75, 3.05) is 11.4 Å². The molecular weight excluding hydrogens is 244 g/mol. The van der Waals surface area contributed by atoms with Gasteiger partial charge in [-0.3, -0.25) is 9.59 Å². The number of rotatable bonds is 1. The van der Waals surface area contributed by atoms with Gasteiger partial charge in [0.15, 0.2) is 0 Å². The van der Waals surface area contributed by atoms with E-state index >= 15 is 0 Å². The van der Waals surface area contributed by atoms with Gasteiger partial charge in [-0.2, -0.15) is 0 Å². The molecule has 1 aromatic rings. The number of hydrogen-bond acceptors (Lipinski definition) is 3. The molecule has 1 N–H and O–H groups in total. The van der Waals surface area contributed by atoms with Gasteiger partial charge in [0.05, 0.1) is 12.2 Å². The topological polar surface area (TPSA) is 58.6 Å². The Balaban J connectivity index is 1.88. The fraction of sp³-hybridized carbons (Fsp3) is 0.429. The molecule has 100 valence electrons. The Labute approximate surface area is 111 Å². The molecule has 2 heterocycles. The molecule has 19 heavy (non-hydrogen) atoms. The van der Waals surface area contributed by atoms with Crippen molar-refractivity contribution >= 4 is 17.5 Å². The smallest absolute Gasteiger partial charge is 0.249 e. The molecule has 1 saturated heterocycles. The van der Waals surface area contributed by atoms with Gasteiger partial charge >= 0.3 is 0 Å². The average molecular weight is 260 g/mol. The number of carbonyl (C=O) groups is 2. The fourth-order valence-corrected chi connectivity index (χ4v) is 2.59. The molecule has 5 nitrogen and oxygen atoms in total. The maximum Gasteiger partial charge on any atom is 0.249 e. The van der Waals surface area contributed by atoms with Gasteiger partial charge in [-0.05, 0) is 25.5 Å². The zero-order chi connectivity index (χ0) is 13.4. The van der Waals surface area contributed by atoms with Gasteiger partial charge in [0.2, 0.25) is 11.8 Å². The van der Waals surface area contributed by atoms with E-state index in [1.807, 2.05) is 31.2 Å². The Morgan fingerprint density at radius 3 is 2.95 bits per heavy atom. The van der Waals surface area contributed by atoms with E-state index in [9.17, 15) is 9.59 Å². The first-order valence-corrected chi connectivity index (χ1v) is 6.51. The van der Waals surface area contributed by atoms with E-state index in [0.29, 0.717) is 19.4 Å². The van der Waals surface area contributed by atoms with Gasteiger partial charge in [-0.25, -0.2) is 0 Å². The van der Waals surface area contributed by atoms with Crippen LogP contribution in [-0.2, 0) is 9.59 Å². The number of para-hydroxylation sites is 2. The first-order valence-electron chi connectivity index (χ1n) is 6.51. The lowest BCUT2D eigenvalue weighted by Gasteiger charge is -2.34. The second-order valence-electron chi connectivity index (χ2n) is 5.00. The summed E-state index contributed by atoms with van der Waals surface area (Å²) in [6.07, 6.45) is 0.958. The summed E-state index contributed by atoms with van der Waals surface area (Å²) in [4.78, 5) is 25.5. The first kappa shape index (κ1) is 12.0. The van der Waals surface area contributed by atoms with Crippen molar-refractivity contribution < 1.29 is 14.3 Å². The van der Waals surface area contributed by atoms with Crippen molar-refractivity contribution in [3.05, 3.63) is 24.3 Å². The molecule has 2 atom stereocenters. The van der Waals surface area contributed by atoms with E-state index < -0.39 is 6.04 Å². The summed E-state index contributed by atoms with van der Waals surface area (Å²) < 4.78 is 5.71. The van der Waals surface area contributed by atoms with Crippen molar-refractivity contribution in [3.63, 3.8) is 0 Å². The van der Waals surface area contributed by atoms with Crippen LogP contribution in [0.4, 0.5) is 5.69 Å². The molecular formula is C14H16N2O3. The Morgan fingerprint density at radius 2 is 2.21 bits per heavy atom. The van der Waals surface area contributed by atoms with Crippen molar-refractivity contribution in [2.45, 2.75) is 31.9 Å². The van der Waals surface area contributed by atoms with Crippen LogP contribution in [0, 0.1) is 0 Å². The third kappa shape index (κ3) is 2.16. The van der Waals surface area contributed by atoms with Gasteiger partial charge in [0.25, 0.3) is 0 Å². The quantitative estimate of drug-likeness (QED) is 0.822. The van der Waals surface area contributed by atoms with Gasteiger partial charge in [0.1, 0.15) is 17.9 Å². The van der Waals surface area contributed by atoms with Crippen molar-refractivity contribution in [1.82, 2.24) is 5.32 Å². The molecule has 0 saturated carbocycles. The molecule has 2 aliphatic heterocycles. The zero-order valence-corrected chi connectivity index (χ0v) is 10.8. The number of nitrogens with one attached hydrogen (secondary N) is 1. The van der Waals surface area contributed by atoms with Crippen LogP contribution in [0.5, 0.6) is 5.75 Å². The predicted octanol–water partition coefficient (Wildman–Crippen LogP) is 1.08. The Hall–Kier alpha value is -2.04. The van der Waals surface area contributed by atoms with Crippen LogP contribution in [-0.4, -0.2) is 30.5 Å². The van der Waals surface area contributed by atoms with Crippen LogP contribution in [0.2, 0.25) is 0 Å². The summed E-state index contributed by atoms with van der Waals surface area (Å²) >= 11 is 0. The third-order valence-corrected chi connectivity index (χ3v) is 3.48. The van der Waals surface area contributed by atoms with Crippen LogP contribution in [0.1, 0.15) is 19.8 Å². The number of benzene rings is 1. The predicted molar refractivity (Wildman–Crippen MR) is 70.0 cm³/mol. The highest BCUT2D eigenvalue weighted by molar-refractivity contribution is 6.02. The average Bonchev–Trinajstić information content (AvgIpc) is 2.83.